The molecule has 5 aromatic rings. The third-order valence-corrected chi connectivity index (χ3v) is 20.2. The molecule has 0 saturated heterocycles. The predicted molar refractivity (Wildman–Crippen MR) is 457 cm³/mol. The number of phenols is 1. The standard InChI is InChI=1S/C85H118N18O18S/c1-7-51(6)72(103-83(120)71(50(4)5)102-80(117)65(45-56-33-35-57(104)36-34-56)100-81(118)66(48-122)93-67(105)46-91-73(110)62(42-53-25-14-9-15-26-53)101-82(119)70(87)49(2)3)84(121)96-59(32-22-40-90-85(88)89)75(112)94-58(31-20-21-39-86)76(113)98-64(44-55-29-18-11-19-30-55)79(116)99-63(43-54-27-16-10-17-28-54)78(115)95-60(37-38-68(106)107)77(114)97-61(74(111)92-47-69(108)109)41-52-23-12-8-13-24-52/h8-19,23-30,33-36,49-51,58-66,70-72,104,122H,7,20-22,31-32,37-48,86-87H2,1-6H3,(H,91,110)(H,92,111)(H,93,105)(H,94,112)(H,95,115)(H,96,121)(H,97,114)(H,98,113)(H,99,116)(H,100,118)(H,101,119)(H,102,117)(H,103,120)(H,106,107)(H,108,109)(H4,88,89,90)/t51-,58-,59-,60-,61-,62-,63-,64-,65-,66-,70-,71-,72-/m0/s1. The lowest BCUT2D eigenvalue weighted by atomic mass is 9.95. The van der Waals surface area contributed by atoms with Crippen LogP contribution in [0.2, 0.25) is 0 Å². The number of nitrogens with two attached hydrogens (primary N) is 3. The number of hydrogen-bond donors (Lipinski definition) is 22. The van der Waals surface area contributed by atoms with Crippen molar-refractivity contribution in [3.05, 3.63) is 173 Å². The Bertz CT molecular complexity index is 4290. The highest BCUT2D eigenvalue weighted by atomic mass is 32.1. The highest BCUT2D eigenvalue weighted by molar-refractivity contribution is 7.80. The molecule has 662 valence electrons. The SMILES string of the molecule is CC[C@H](C)[C@H](NC(=O)[C@@H](NC(=O)[C@H](Cc1ccc(O)cc1)NC(=O)[C@H](CS)NC(=O)CNC(=O)[C@H](Cc1ccccc1)NC(=O)[C@@H](N)C(C)C)C(C)C)C(=O)N[C@@H](CCCNC(=N)N)C(=O)N[C@@H](CCCCN)C(=O)N[C@@H](Cc1ccccc1)C(=O)N[C@@H](Cc1ccccc1)C(=O)N[C@@H](CCC(=O)O)C(=O)N[C@@H](Cc1ccccc1)C(=O)NCC(=O)O. The van der Waals surface area contributed by atoms with Gasteiger partial charge >= 0.3 is 11.9 Å². The number of carbonyl (C=O) groups is 15. The van der Waals surface area contributed by atoms with E-state index in [1.54, 1.807) is 163 Å². The molecular weight excluding hydrogens is 1590 g/mol. The Labute approximate surface area is 714 Å². The zero-order chi connectivity index (χ0) is 90.0. The molecule has 5 rings (SSSR count). The van der Waals surface area contributed by atoms with Crippen LogP contribution in [-0.2, 0) is 104 Å². The molecule has 0 aliphatic heterocycles. The van der Waals surface area contributed by atoms with E-state index in [1.807, 2.05) is 0 Å². The molecule has 0 spiro atoms. The van der Waals surface area contributed by atoms with Crippen LogP contribution < -0.4 is 91.6 Å². The second-order valence-electron chi connectivity index (χ2n) is 30.3. The first-order chi connectivity index (χ1) is 58.1. The first kappa shape index (κ1) is 100. The van der Waals surface area contributed by atoms with E-state index in [1.165, 1.54) is 24.3 Å². The molecule has 0 saturated carbocycles. The van der Waals surface area contributed by atoms with Crippen molar-refractivity contribution in [1.29, 1.82) is 5.41 Å². The molecule has 0 unspecified atom stereocenters. The summed E-state index contributed by atoms with van der Waals surface area (Å²) in [6.45, 7) is 8.78. The number of guanidine groups is 1. The van der Waals surface area contributed by atoms with Crippen molar-refractivity contribution in [3.63, 3.8) is 0 Å². The van der Waals surface area contributed by atoms with Crippen LogP contribution in [0.25, 0.3) is 0 Å². The van der Waals surface area contributed by atoms with Gasteiger partial charge in [-0.2, -0.15) is 12.6 Å². The molecule has 0 fully saturated rings. The Balaban J connectivity index is 1.40. The molecule has 0 aliphatic carbocycles. The van der Waals surface area contributed by atoms with Crippen LogP contribution in [0.1, 0.15) is 121 Å². The predicted octanol–water partition coefficient (Wildman–Crippen LogP) is -0.572. The van der Waals surface area contributed by atoms with Gasteiger partial charge in [0, 0.05) is 50.8 Å². The highest BCUT2D eigenvalue weighted by Gasteiger charge is 2.39. The van der Waals surface area contributed by atoms with Crippen LogP contribution in [0.5, 0.6) is 5.75 Å². The molecule has 5 aromatic carbocycles. The average molecular weight is 1710 g/mol. The Hall–Kier alpha value is -12.5. The fourth-order valence-electron chi connectivity index (χ4n) is 12.6. The van der Waals surface area contributed by atoms with E-state index >= 15 is 14.4 Å². The van der Waals surface area contributed by atoms with E-state index in [4.69, 9.17) is 22.6 Å². The van der Waals surface area contributed by atoms with E-state index < -0.39 is 205 Å². The number of unbranched alkanes of at least 4 members (excludes halogenated alkanes) is 1. The van der Waals surface area contributed by atoms with Gasteiger partial charge in [-0.3, -0.25) is 77.3 Å². The van der Waals surface area contributed by atoms with Crippen LogP contribution in [0.3, 0.4) is 0 Å². The topological polar surface area (TPSA) is 587 Å². The number of rotatable bonds is 53. The summed E-state index contributed by atoms with van der Waals surface area (Å²) >= 11 is 4.31. The molecule has 0 radical (unpaired) electrons. The molecule has 122 heavy (non-hydrogen) atoms. The number of amides is 13. The summed E-state index contributed by atoms with van der Waals surface area (Å²) in [5, 5.41) is 73.8. The molecule has 0 bridgehead atoms. The highest BCUT2D eigenvalue weighted by Crippen LogP contribution is 2.18. The van der Waals surface area contributed by atoms with Crippen LogP contribution in [0.15, 0.2) is 146 Å². The van der Waals surface area contributed by atoms with E-state index in [0.717, 1.165) is 0 Å². The van der Waals surface area contributed by atoms with Gasteiger partial charge in [-0.25, -0.2) is 0 Å². The normalized spacial score (nSPS) is 14.3. The molecule has 0 aliphatic rings. The third kappa shape index (κ3) is 35.8. The maximum atomic E-state index is 15.1. The van der Waals surface area contributed by atoms with Crippen molar-refractivity contribution in [3.8, 4) is 5.75 Å². The maximum absolute atomic E-state index is 15.1. The average Bonchev–Trinajstić information content (AvgIpc) is 0.844. The second-order valence-corrected chi connectivity index (χ2v) is 30.7. The first-order valence-corrected chi connectivity index (χ1v) is 41.1. The molecule has 13 amide bonds. The smallest absolute Gasteiger partial charge is 0.322 e. The van der Waals surface area contributed by atoms with E-state index in [-0.39, 0.29) is 94.7 Å². The number of phenolic OH excluding ortho intramolecular Hbond substituents is 1. The first-order valence-electron chi connectivity index (χ1n) is 40.5. The molecule has 37 heteroatoms. The van der Waals surface area contributed by atoms with Gasteiger partial charge < -0.3 is 107 Å². The van der Waals surface area contributed by atoms with Crippen LogP contribution >= 0.6 is 12.6 Å². The molecule has 0 aromatic heterocycles. The van der Waals surface area contributed by atoms with Crippen molar-refractivity contribution < 1.29 is 87.2 Å². The second kappa shape index (κ2) is 52.5. The molecule has 36 nitrogen and oxygen atoms in total. The Kier molecular flexibility index (Phi) is 43.1. The van der Waals surface area contributed by atoms with Gasteiger partial charge in [-0.15, -0.1) is 0 Å². The van der Waals surface area contributed by atoms with Crippen molar-refractivity contribution in [2.75, 3.05) is 31.9 Å². The zero-order valence-corrected chi connectivity index (χ0v) is 70.3. The maximum Gasteiger partial charge on any atom is 0.322 e. The Morgan fingerprint density at radius 1 is 0.377 bits per heavy atom. The number of nitrogens with one attached hydrogen (secondary N) is 15. The lowest BCUT2D eigenvalue weighted by Gasteiger charge is -2.31. The number of aromatic hydroxyl groups is 1. The van der Waals surface area contributed by atoms with Crippen molar-refractivity contribution in [2.45, 2.75) is 198 Å². The van der Waals surface area contributed by atoms with Gasteiger partial charge in [0.2, 0.25) is 76.8 Å². The quantitative estimate of drug-likeness (QED) is 0.0100. The number of hydrogen-bond acceptors (Lipinski definition) is 20. The fraction of sp³-hybridized carbons (Fsp3) is 0.459. The van der Waals surface area contributed by atoms with Gasteiger partial charge in [0.25, 0.3) is 0 Å². The summed E-state index contributed by atoms with van der Waals surface area (Å²) in [5.41, 5.74) is 20.3. The fourth-order valence-corrected chi connectivity index (χ4v) is 12.9. The van der Waals surface area contributed by atoms with Crippen LogP contribution in [-0.4, -0.2) is 214 Å². The number of carbonyl (C=O) groups excluding carboxylic acids is 13. The van der Waals surface area contributed by atoms with Gasteiger partial charge in [-0.1, -0.05) is 181 Å². The number of carboxylic acids is 2. The van der Waals surface area contributed by atoms with E-state index in [0.29, 0.717) is 34.2 Å². The number of aliphatic carboxylic acids is 2. The number of thiol groups is 1. The minimum Gasteiger partial charge on any atom is -0.508 e. The molecule has 24 N–H and O–H groups in total. The van der Waals surface area contributed by atoms with Crippen molar-refractivity contribution in [1.82, 2.24) is 74.4 Å². The monoisotopic (exact) mass is 1710 g/mol. The van der Waals surface area contributed by atoms with Crippen LogP contribution in [0, 0.1) is 23.2 Å². The van der Waals surface area contributed by atoms with Gasteiger partial charge in [0.15, 0.2) is 5.96 Å². The van der Waals surface area contributed by atoms with Gasteiger partial charge in [0.1, 0.15) is 78.8 Å². The minimum atomic E-state index is -1.67. The van der Waals surface area contributed by atoms with Crippen molar-refractivity contribution >= 4 is 107 Å². The summed E-state index contributed by atoms with van der Waals surface area (Å²) in [6, 6.07) is 22.5. The van der Waals surface area contributed by atoms with Crippen molar-refractivity contribution in [2.24, 2.45) is 35.0 Å². The number of benzene rings is 5. The Morgan fingerprint density at radius 3 is 1.11 bits per heavy atom. The summed E-state index contributed by atoms with van der Waals surface area (Å²) < 4.78 is 0. The lowest BCUT2D eigenvalue weighted by molar-refractivity contribution is -0.139. The van der Waals surface area contributed by atoms with Crippen LogP contribution in [0.4, 0.5) is 0 Å². The molecular formula is C85H118N18O18S. The van der Waals surface area contributed by atoms with Gasteiger partial charge in [0.05, 0.1) is 12.6 Å². The summed E-state index contributed by atoms with van der Waals surface area (Å²) in [4.78, 5) is 210. The van der Waals surface area contributed by atoms with E-state index in [2.05, 4.69) is 87.1 Å². The Morgan fingerprint density at radius 2 is 0.721 bits per heavy atom. The lowest BCUT2D eigenvalue weighted by Crippen LogP contribution is -2.62. The van der Waals surface area contributed by atoms with E-state index in [9.17, 15) is 72.9 Å². The summed E-state index contributed by atoms with van der Waals surface area (Å²) in [7, 11) is 0. The summed E-state index contributed by atoms with van der Waals surface area (Å²) in [6.07, 6.45) is -1.37. The summed E-state index contributed by atoms with van der Waals surface area (Å²) in [5.74, 6) is -16.7. The van der Waals surface area contributed by atoms with Gasteiger partial charge in [-0.05, 0) is 103 Å². The third-order valence-electron chi connectivity index (χ3n) is 19.9. The zero-order valence-electron chi connectivity index (χ0n) is 69.4. The number of carboxylic acid groups (broad SMARTS) is 2. The minimum absolute atomic E-state index is 0.0168. The molecule has 13 atom stereocenters. The molecule has 0 heterocycles. The largest absolute Gasteiger partial charge is 0.508 e.